The van der Waals surface area contributed by atoms with E-state index in [2.05, 4.69) is 22.4 Å². The van der Waals surface area contributed by atoms with Gasteiger partial charge < -0.3 is 14.7 Å². The Bertz CT molecular complexity index is 458. The van der Waals surface area contributed by atoms with E-state index in [1.165, 1.54) is 0 Å². The van der Waals surface area contributed by atoms with Crippen LogP contribution in [0, 0.1) is 0 Å². The Kier molecular flexibility index (Phi) is 5.59. The number of nitrogens with zero attached hydrogens (tertiary/aromatic N) is 3. The number of hydrogen-bond acceptors (Lipinski definition) is 4. The van der Waals surface area contributed by atoms with Gasteiger partial charge in [0.2, 0.25) is 5.89 Å². The van der Waals surface area contributed by atoms with Crippen molar-refractivity contribution < 1.29 is 9.32 Å². The van der Waals surface area contributed by atoms with Crippen molar-refractivity contribution in [3.63, 3.8) is 0 Å². The minimum Gasteiger partial charge on any atom is -0.338 e. The number of unbranched alkanes of at least 4 members (excludes halogenated alkanes) is 1. The largest absolute Gasteiger partial charge is 0.338 e. The molecule has 1 fully saturated rings. The normalized spacial score (nSPS) is 19.0. The van der Waals surface area contributed by atoms with Crippen LogP contribution in [0.3, 0.4) is 0 Å². The standard InChI is InChI=1S/C15H26N4O2/c1-4-5-9-16-15(20)19-10-7-6-8-12(19)14-17-13(11(2)3)18-21-14/h11-12H,4-10H2,1-3H3,(H,16,20)/t12-/m0/s1. The van der Waals surface area contributed by atoms with E-state index < -0.39 is 0 Å². The van der Waals surface area contributed by atoms with E-state index in [-0.39, 0.29) is 18.0 Å². The molecule has 0 spiro atoms. The molecule has 2 amide bonds. The second kappa shape index (κ2) is 7.43. The van der Waals surface area contributed by atoms with Crippen molar-refractivity contribution in [1.29, 1.82) is 0 Å². The van der Waals surface area contributed by atoms with Crippen LogP contribution in [0.5, 0.6) is 0 Å². The maximum absolute atomic E-state index is 12.3. The molecule has 0 aliphatic carbocycles. The number of urea groups is 1. The zero-order chi connectivity index (χ0) is 15.2. The molecule has 0 radical (unpaired) electrons. The highest BCUT2D eigenvalue weighted by atomic mass is 16.5. The molecule has 0 bridgehead atoms. The number of nitrogens with one attached hydrogen (secondary N) is 1. The molecule has 0 aromatic carbocycles. The van der Waals surface area contributed by atoms with Gasteiger partial charge in [-0.05, 0) is 25.7 Å². The van der Waals surface area contributed by atoms with E-state index in [4.69, 9.17) is 4.52 Å². The number of hydrogen-bond donors (Lipinski definition) is 1. The van der Waals surface area contributed by atoms with Gasteiger partial charge in [-0.3, -0.25) is 0 Å². The molecule has 6 nitrogen and oxygen atoms in total. The average Bonchev–Trinajstić information content (AvgIpc) is 2.97. The second-order valence-corrected chi connectivity index (χ2v) is 5.94. The zero-order valence-corrected chi connectivity index (χ0v) is 13.3. The lowest BCUT2D eigenvalue weighted by Crippen LogP contribution is -2.45. The predicted octanol–water partition coefficient (Wildman–Crippen LogP) is 3.23. The van der Waals surface area contributed by atoms with Crippen molar-refractivity contribution in [1.82, 2.24) is 20.4 Å². The van der Waals surface area contributed by atoms with Crippen molar-refractivity contribution in [3.05, 3.63) is 11.7 Å². The fraction of sp³-hybridized carbons (Fsp3) is 0.800. The minimum atomic E-state index is -0.0830. The summed E-state index contributed by atoms with van der Waals surface area (Å²) in [5.74, 6) is 1.52. The Morgan fingerprint density at radius 2 is 2.29 bits per heavy atom. The molecule has 1 atom stereocenters. The molecule has 1 saturated heterocycles. The zero-order valence-electron chi connectivity index (χ0n) is 13.3. The van der Waals surface area contributed by atoms with Crippen LogP contribution in [0.25, 0.3) is 0 Å². The molecule has 2 rings (SSSR count). The van der Waals surface area contributed by atoms with E-state index in [1.807, 2.05) is 18.7 Å². The van der Waals surface area contributed by atoms with Crippen molar-refractivity contribution in [2.75, 3.05) is 13.1 Å². The quantitative estimate of drug-likeness (QED) is 0.846. The molecule has 21 heavy (non-hydrogen) atoms. The van der Waals surface area contributed by atoms with Crippen molar-refractivity contribution in [2.24, 2.45) is 0 Å². The van der Waals surface area contributed by atoms with Gasteiger partial charge in [0.25, 0.3) is 0 Å². The molecule has 1 aromatic heterocycles. The van der Waals surface area contributed by atoms with Gasteiger partial charge in [-0.25, -0.2) is 4.79 Å². The lowest BCUT2D eigenvalue weighted by Gasteiger charge is -2.33. The predicted molar refractivity (Wildman–Crippen MR) is 80.0 cm³/mol. The van der Waals surface area contributed by atoms with E-state index >= 15 is 0 Å². The lowest BCUT2D eigenvalue weighted by molar-refractivity contribution is 0.132. The molecule has 6 heteroatoms. The first kappa shape index (κ1) is 15.8. The summed E-state index contributed by atoms with van der Waals surface area (Å²) in [5, 5.41) is 7.00. The molecule has 1 aromatic rings. The number of rotatable bonds is 5. The Morgan fingerprint density at radius 3 is 2.95 bits per heavy atom. The van der Waals surface area contributed by atoms with E-state index in [0.29, 0.717) is 11.7 Å². The van der Waals surface area contributed by atoms with Crippen LogP contribution in [-0.4, -0.2) is 34.2 Å². The topological polar surface area (TPSA) is 71.3 Å². The third-order valence-corrected chi connectivity index (χ3v) is 3.83. The van der Waals surface area contributed by atoms with Crippen LogP contribution >= 0.6 is 0 Å². The number of likely N-dealkylation sites (tertiary alicyclic amines) is 1. The first-order valence-electron chi connectivity index (χ1n) is 8.01. The smallest absolute Gasteiger partial charge is 0.318 e. The highest BCUT2D eigenvalue weighted by Crippen LogP contribution is 2.30. The number of carbonyl (C=O) groups is 1. The Labute approximate surface area is 126 Å². The van der Waals surface area contributed by atoms with Crippen LogP contribution in [0.2, 0.25) is 0 Å². The first-order valence-corrected chi connectivity index (χ1v) is 8.01. The fourth-order valence-corrected chi connectivity index (χ4v) is 2.52. The summed E-state index contributed by atoms with van der Waals surface area (Å²) in [5.41, 5.74) is 0. The summed E-state index contributed by atoms with van der Waals surface area (Å²) in [6, 6.07) is -0.0992. The molecular formula is C15H26N4O2. The van der Waals surface area contributed by atoms with E-state index in [1.54, 1.807) is 0 Å². The van der Waals surface area contributed by atoms with E-state index in [9.17, 15) is 4.79 Å². The summed E-state index contributed by atoms with van der Waals surface area (Å²) in [4.78, 5) is 18.6. The van der Waals surface area contributed by atoms with Crippen LogP contribution in [0.4, 0.5) is 4.79 Å². The van der Waals surface area contributed by atoms with Gasteiger partial charge in [0.15, 0.2) is 5.82 Å². The number of piperidine rings is 1. The van der Waals surface area contributed by atoms with Gasteiger partial charge in [0, 0.05) is 19.0 Å². The summed E-state index contributed by atoms with van der Waals surface area (Å²) in [6.45, 7) is 7.65. The molecule has 0 unspecified atom stereocenters. The van der Waals surface area contributed by atoms with E-state index in [0.717, 1.165) is 45.2 Å². The highest BCUT2D eigenvalue weighted by molar-refractivity contribution is 5.74. The van der Waals surface area contributed by atoms with Gasteiger partial charge in [-0.2, -0.15) is 4.98 Å². The second-order valence-electron chi connectivity index (χ2n) is 5.94. The Balaban J connectivity index is 2.05. The third kappa shape index (κ3) is 3.95. The number of carbonyl (C=O) groups excluding carboxylic acids is 1. The maximum Gasteiger partial charge on any atom is 0.318 e. The number of amides is 2. The summed E-state index contributed by atoms with van der Waals surface area (Å²) in [7, 11) is 0. The summed E-state index contributed by atoms with van der Waals surface area (Å²) >= 11 is 0. The maximum atomic E-state index is 12.3. The summed E-state index contributed by atoms with van der Waals surface area (Å²) in [6.07, 6.45) is 5.08. The van der Waals surface area contributed by atoms with Crippen LogP contribution in [0.15, 0.2) is 4.52 Å². The van der Waals surface area contributed by atoms with Gasteiger partial charge in [-0.15, -0.1) is 0 Å². The average molecular weight is 294 g/mol. The van der Waals surface area contributed by atoms with Gasteiger partial charge in [0.1, 0.15) is 6.04 Å². The molecule has 1 N–H and O–H groups in total. The molecule has 118 valence electrons. The SMILES string of the molecule is CCCCNC(=O)N1CCCC[C@H]1c1nc(C(C)C)no1. The third-order valence-electron chi connectivity index (χ3n) is 3.83. The molecule has 1 aliphatic heterocycles. The minimum absolute atomic E-state index is 0.0163. The molecule has 1 aliphatic rings. The molecule has 0 saturated carbocycles. The lowest BCUT2D eigenvalue weighted by atomic mass is 10.0. The Hall–Kier alpha value is -1.59. The molecular weight excluding hydrogens is 268 g/mol. The van der Waals surface area contributed by atoms with Crippen LogP contribution < -0.4 is 5.32 Å². The number of aromatic nitrogens is 2. The molecule has 2 heterocycles. The van der Waals surface area contributed by atoms with Gasteiger partial charge in [-0.1, -0.05) is 32.3 Å². The van der Waals surface area contributed by atoms with Crippen LogP contribution in [0.1, 0.15) is 76.6 Å². The van der Waals surface area contributed by atoms with Crippen molar-refractivity contribution in [3.8, 4) is 0 Å². The monoisotopic (exact) mass is 294 g/mol. The van der Waals surface area contributed by atoms with Gasteiger partial charge >= 0.3 is 6.03 Å². The van der Waals surface area contributed by atoms with Crippen LogP contribution in [-0.2, 0) is 0 Å². The van der Waals surface area contributed by atoms with Crippen molar-refractivity contribution in [2.45, 2.75) is 64.8 Å². The highest BCUT2D eigenvalue weighted by Gasteiger charge is 2.32. The fourth-order valence-electron chi connectivity index (χ4n) is 2.52. The van der Waals surface area contributed by atoms with Crippen molar-refractivity contribution >= 4 is 6.03 Å². The van der Waals surface area contributed by atoms with Gasteiger partial charge in [0.05, 0.1) is 0 Å². The Morgan fingerprint density at radius 1 is 1.48 bits per heavy atom. The summed E-state index contributed by atoms with van der Waals surface area (Å²) < 4.78 is 5.39. The first-order chi connectivity index (χ1) is 10.1.